The number of aromatic nitrogens is 3. The predicted molar refractivity (Wildman–Crippen MR) is 118 cm³/mol. The first-order valence-corrected chi connectivity index (χ1v) is 11.0. The van der Waals surface area contributed by atoms with Crippen molar-refractivity contribution in [1.29, 1.82) is 0 Å². The quantitative estimate of drug-likeness (QED) is 0.680. The molecule has 1 N–H and O–H groups in total. The molecule has 6 nitrogen and oxygen atoms in total. The molecule has 0 aliphatic carbocycles. The van der Waals surface area contributed by atoms with E-state index in [0.717, 1.165) is 59.7 Å². The highest BCUT2D eigenvalue weighted by molar-refractivity contribution is 7.17. The van der Waals surface area contributed by atoms with Gasteiger partial charge < -0.3 is 10.2 Å². The van der Waals surface area contributed by atoms with Gasteiger partial charge >= 0.3 is 0 Å². The van der Waals surface area contributed by atoms with Gasteiger partial charge in [0.05, 0.1) is 0 Å². The molecule has 1 amide bonds. The van der Waals surface area contributed by atoms with Crippen molar-refractivity contribution in [2.24, 2.45) is 5.92 Å². The number of hydrogen-bond acceptors (Lipinski definition) is 5. The maximum absolute atomic E-state index is 12.7. The Labute approximate surface area is 175 Å². The van der Waals surface area contributed by atoms with Crippen LogP contribution in [0.2, 0.25) is 0 Å². The zero-order chi connectivity index (χ0) is 20.4. The Bertz CT molecular complexity index is 981. The minimum atomic E-state index is 0.0397. The molecule has 7 heteroatoms. The highest BCUT2D eigenvalue weighted by Gasteiger charge is 2.27. The Hall–Kier alpha value is -2.67. The zero-order valence-corrected chi connectivity index (χ0v) is 18.0. The lowest BCUT2D eigenvalue weighted by atomic mass is 9.96. The van der Waals surface area contributed by atoms with Gasteiger partial charge in [-0.25, -0.2) is 0 Å². The number of carbonyl (C=O) groups is 1. The summed E-state index contributed by atoms with van der Waals surface area (Å²) in [5.41, 5.74) is 4.45. The maximum Gasteiger partial charge on any atom is 0.227 e. The molecule has 0 saturated carbocycles. The number of nitrogens with zero attached hydrogens (tertiary/aromatic N) is 4. The number of hydrogen-bond donors (Lipinski definition) is 1. The van der Waals surface area contributed by atoms with Gasteiger partial charge in [-0.3, -0.25) is 9.36 Å². The molecule has 1 aliphatic rings. The van der Waals surface area contributed by atoms with E-state index in [4.69, 9.17) is 0 Å². The lowest BCUT2D eigenvalue weighted by Crippen LogP contribution is -2.38. The van der Waals surface area contributed by atoms with Crippen LogP contribution in [0.1, 0.15) is 36.7 Å². The second-order valence-corrected chi connectivity index (χ2v) is 8.56. The number of anilines is 2. The van der Waals surface area contributed by atoms with E-state index in [2.05, 4.69) is 70.0 Å². The summed E-state index contributed by atoms with van der Waals surface area (Å²) >= 11 is 1.61. The molecule has 152 valence electrons. The number of nitrogens with one attached hydrogen (secondary N) is 1. The van der Waals surface area contributed by atoms with Crippen LogP contribution >= 0.6 is 11.3 Å². The lowest BCUT2D eigenvalue weighted by molar-refractivity contribution is -0.120. The van der Waals surface area contributed by atoms with E-state index in [1.165, 1.54) is 5.56 Å². The molecule has 0 spiro atoms. The zero-order valence-electron chi connectivity index (χ0n) is 17.2. The van der Waals surface area contributed by atoms with E-state index in [1.807, 2.05) is 12.1 Å². The van der Waals surface area contributed by atoms with E-state index in [9.17, 15) is 4.79 Å². The van der Waals surface area contributed by atoms with Crippen LogP contribution in [0.4, 0.5) is 10.8 Å². The monoisotopic (exact) mass is 409 g/mol. The van der Waals surface area contributed by atoms with Crippen molar-refractivity contribution in [2.75, 3.05) is 23.3 Å². The Morgan fingerprint density at radius 1 is 1.10 bits per heavy atom. The Morgan fingerprint density at radius 3 is 2.48 bits per heavy atom. The van der Waals surface area contributed by atoms with Gasteiger partial charge in [-0.05, 0) is 62.9 Å². The van der Waals surface area contributed by atoms with Gasteiger partial charge in [-0.2, -0.15) is 0 Å². The molecule has 1 fully saturated rings. The molecule has 1 saturated heterocycles. The number of rotatable bonds is 5. The normalized spacial score (nSPS) is 14.9. The minimum absolute atomic E-state index is 0.0397. The van der Waals surface area contributed by atoms with Crippen molar-refractivity contribution in [3.63, 3.8) is 0 Å². The summed E-state index contributed by atoms with van der Waals surface area (Å²) in [6.07, 6.45) is 2.62. The second kappa shape index (κ2) is 8.37. The average Bonchev–Trinajstić information content (AvgIpc) is 3.34. The average molecular weight is 410 g/mol. The van der Waals surface area contributed by atoms with E-state index in [0.29, 0.717) is 0 Å². The van der Waals surface area contributed by atoms with Crippen LogP contribution in [0, 0.1) is 19.8 Å². The lowest BCUT2D eigenvalue weighted by Gasteiger charge is -2.30. The van der Waals surface area contributed by atoms with E-state index in [1.54, 1.807) is 11.3 Å². The largest absolute Gasteiger partial charge is 0.347 e. The topological polar surface area (TPSA) is 63.1 Å². The van der Waals surface area contributed by atoms with Crippen molar-refractivity contribution >= 4 is 28.1 Å². The first kappa shape index (κ1) is 19.6. The van der Waals surface area contributed by atoms with Crippen LogP contribution in [0.25, 0.3) is 5.13 Å². The Morgan fingerprint density at radius 2 is 1.79 bits per heavy atom. The number of carbonyl (C=O) groups excluding carboxylic acids is 1. The summed E-state index contributed by atoms with van der Waals surface area (Å²) in [6.45, 7) is 7.92. The van der Waals surface area contributed by atoms with Crippen LogP contribution in [-0.4, -0.2) is 33.8 Å². The summed E-state index contributed by atoms with van der Waals surface area (Å²) in [5.74, 6) is 0.160. The minimum Gasteiger partial charge on any atom is -0.347 e. The smallest absolute Gasteiger partial charge is 0.227 e. The highest BCUT2D eigenvalue weighted by atomic mass is 32.1. The first-order valence-electron chi connectivity index (χ1n) is 10.2. The van der Waals surface area contributed by atoms with Gasteiger partial charge in [0.25, 0.3) is 0 Å². The summed E-state index contributed by atoms with van der Waals surface area (Å²) < 4.78 is 2.13. The second-order valence-electron chi connectivity index (χ2n) is 7.62. The van der Waals surface area contributed by atoms with Crippen LogP contribution in [-0.2, 0) is 11.2 Å². The fourth-order valence-electron chi connectivity index (χ4n) is 3.84. The molecule has 0 atom stereocenters. The van der Waals surface area contributed by atoms with Gasteiger partial charge in [0.15, 0.2) is 0 Å². The maximum atomic E-state index is 12.7. The van der Waals surface area contributed by atoms with Crippen LogP contribution < -0.4 is 10.2 Å². The highest BCUT2D eigenvalue weighted by Crippen LogP contribution is 2.29. The number of aryl methyl sites for hydroxylation is 3. The molecule has 0 radical (unpaired) electrons. The third-order valence-corrected chi connectivity index (χ3v) is 6.57. The van der Waals surface area contributed by atoms with Crippen molar-refractivity contribution in [3.05, 3.63) is 53.3 Å². The van der Waals surface area contributed by atoms with Crippen molar-refractivity contribution < 1.29 is 4.79 Å². The fraction of sp³-hybridized carbons (Fsp3) is 0.409. The molecule has 1 aliphatic heterocycles. The first-order chi connectivity index (χ1) is 14.0. The van der Waals surface area contributed by atoms with Crippen molar-refractivity contribution in [3.8, 4) is 5.13 Å². The summed E-state index contributed by atoms with van der Waals surface area (Å²) in [6, 6.07) is 12.3. The molecular formula is C22H27N5OS. The molecule has 4 rings (SSSR count). The van der Waals surface area contributed by atoms with Crippen LogP contribution in [0.5, 0.6) is 0 Å². The van der Waals surface area contributed by atoms with Crippen molar-refractivity contribution in [2.45, 2.75) is 40.0 Å². The molecule has 29 heavy (non-hydrogen) atoms. The molecule has 3 aromatic rings. The van der Waals surface area contributed by atoms with Crippen LogP contribution in [0.3, 0.4) is 0 Å². The van der Waals surface area contributed by atoms with Gasteiger partial charge in [-0.15, -0.1) is 10.2 Å². The third kappa shape index (κ3) is 4.19. The molecule has 0 unspecified atom stereocenters. The Kier molecular flexibility index (Phi) is 5.67. The number of amides is 1. The van der Waals surface area contributed by atoms with E-state index < -0.39 is 0 Å². The number of benzene rings is 1. The fourth-order valence-corrected chi connectivity index (χ4v) is 4.86. The van der Waals surface area contributed by atoms with Gasteiger partial charge in [0.1, 0.15) is 0 Å². The molecular weight excluding hydrogens is 382 g/mol. The van der Waals surface area contributed by atoms with E-state index in [-0.39, 0.29) is 11.8 Å². The molecule has 3 heterocycles. The summed E-state index contributed by atoms with van der Waals surface area (Å²) in [5, 5.41) is 13.7. The molecule has 0 bridgehead atoms. The predicted octanol–water partition coefficient (Wildman–Crippen LogP) is 4.36. The molecule has 2 aromatic heterocycles. The van der Waals surface area contributed by atoms with Gasteiger partial charge in [0, 0.05) is 36.1 Å². The Balaban J connectivity index is 1.36. The van der Waals surface area contributed by atoms with Crippen LogP contribution in [0.15, 0.2) is 36.4 Å². The summed E-state index contributed by atoms with van der Waals surface area (Å²) in [7, 11) is 0. The van der Waals surface area contributed by atoms with Gasteiger partial charge in [0.2, 0.25) is 16.2 Å². The molecule has 1 aromatic carbocycles. The SMILES string of the molecule is CCc1cccc(NC(=O)C2CCN(c3nnc(-n4c(C)ccc4C)s3)CC2)c1. The summed E-state index contributed by atoms with van der Waals surface area (Å²) in [4.78, 5) is 14.9. The third-order valence-electron chi connectivity index (χ3n) is 5.61. The van der Waals surface area contributed by atoms with Gasteiger partial charge in [-0.1, -0.05) is 30.4 Å². The standard InChI is InChI=1S/C22H27N5OS/c1-4-17-6-5-7-19(14-17)23-20(28)18-10-12-26(13-11-18)21-24-25-22(29-21)27-15(2)8-9-16(27)3/h5-9,14,18H,4,10-13H2,1-3H3,(H,23,28). The number of piperidine rings is 1. The van der Waals surface area contributed by atoms with Crippen molar-refractivity contribution in [1.82, 2.24) is 14.8 Å². The van der Waals surface area contributed by atoms with E-state index >= 15 is 0 Å².